The lowest BCUT2D eigenvalue weighted by atomic mass is 10.0. The van der Waals surface area contributed by atoms with Gasteiger partial charge in [0.25, 0.3) is 5.88 Å². The predicted octanol–water partition coefficient (Wildman–Crippen LogP) is 3.83. The highest BCUT2D eigenvalue weighted by Gasteiger charge is 2.18. The molecular weight excluding hydrogens is 288 g/mol. The van der Waals surface area contributed by atoms with Gasteiger partial charge >= 0.3 is 0 Å². The van der Waals surface area contributed by atoms with Crippen molar-refractivity contribution in [1.29, 1.82) is 0 Å². The topological polar surface area (TPSA) is 61.3 Å². The Hall–Kier alpha value is -1.52. The molecule has 0 atom stereocenters. The molecule has 5 heteroatoms. The summed E-state index contributed by atoms with van der Waals surface area (Å²) in [5.74, 6) is 1.40. The highest BCUT2D eigenvalue weighted by Crippen LogP contribution is 2.32. The standard InChI is InChI=1S/C16H22N2O2.ClH/c1-2-3-5-10-14-15(13-8-6-4-7-9-13)20-18-16(14)19-12-11-17;/h4,6-9H,2-3,5,10-12,17H2,1H3;1H. The summed E-state index contributed by atoms with van der Waals surface area (Å²) in [5, 5.41) is 4.06. The van der Waals surface area contributed by atoms with Crippen LogP contribution in [0.3, 0.4) is 0 Å². The Balaban J connectivity index is 0.00000220. The molecule has 21 heavy (non-hydrogen) atoms. The lowest BCUT2D eigenvalue weighted by Crippen LogP contribution is -2.11. The van der Waals surface area contributed by atoms with Gasteiger partial charge in [-0.3, -0.25) is 0 Å². The van der Waals surface area contributed by atoms with Crippen molar-refractivity contribution < 1.29 is 9.26 Å². The van der Waals surface area contributed by atoms with E-state index in [1.54, 1.807) is 0 Å². The van der Waals surface area contributed by atoms with Crippen molar-refractivity contribution in [2.24, 2.45) is 5.73 Å². The third kappa shape index (κ3) is 4.76. The minimum atomic E-state index is 0. The lowest BCUT2D eigenvalue weighted by molar-refractivity contribution is 0.287. The van der Waals surface area contributed by atoms with Crippen LogP contribution in [0.1, 0.15) is 31.7 Å². The molecule has 0 bridgehead atoms. The van der Waals surface area contributed by atoms with E-state index in [9.17, 15) is 0 Å². The van der Waals surface area contributed by atoms with Crippen LogP contribution in [-0.4, -0.2) is 18.3 Å². The maximum Gasteiger partial charge on any atom is 0.258 e. The summed E-state index contributed by atoms with van der Waals surface area (Å²) in [6.45, 7) is 3.13. The minimum absolute atomic E-state index is 0. The molecular formula is C16H23ClN2O2. The van der Waals surface area contributed by atoms with Gasteiger partial charge in [-0.2, -0.15) is 0 Å². The van der Waals surface area contributed by atoms with E-state index < -0.39 is 0 Å². The van der Waals surface area contributed by atoms with E-state index in [0.717, 1.165) is 29.7 Å². The quantitative estimate of drug-likeness (QED) is 0.753. The highest BCUT2D eigenvalue weighted by atomic mass is 35.5. The van der Waals surface area contributed by atoms with E-state index in [1.165, 1.54) is 12.8 Å². The van der Waals surface area contributed by atoms with Gasteiger partial charge in [0.05, 0.1) is 5.56 Å². The highest BCUT2D eigenvalue weighted by molar-refractivity contribution is 5.85. The lowest BCUT2D eigenvalue weighted by Gasteiger charge is -2.05. The summed E-state index contributed by atoms with van der Waals surface area (Å²) in [7, 11) is 0. The summed E-state index contributed by atoms with van der Waals surface area (Å²) in [6, 6.07) is 10.0. The summed E-state index contributed by atoms with van der Waals surface area (Å²) in [6.07, 6.45) is 4.40. The number of hydrogen-bond donors (Lipinski definition) is 1. The van der Waals surface area contributed by atoms with Gasteiger partial charge in [-0.05, 0) is 18.0 Å². The summed E-state index contributed by atoms with van der Waals surface area (Å²) in [4.78, 5) is 0. The Morgan fingerprint density at radius 3 is 2.62 bits per heavy atom. The number of unbranched alkanes of at least 4 members (excludes halogenated alkanes) is 2. The molecule has 0 aliphatic rings. The van der Waals surface area contributed by atoms with Crippen LogP contribution < -0.4 is 10.5 Å². The molecule has 2 aromatic rings. The molecule has 1 aromatic carbocycles. The first kappa shape index (κ1) is 17.5. The number of nitrogens with zero attached hydrogens (tertiary/aromatic N) is 1. The first-order valence-electron chi connectivity index (χ1n) is 7.23. The second-order valence-corrected chi connectivity index (χ2v) is 4.76. The fourth-order valence-electron chi connectivity index (χ4n) is 2.15. The number of benzene rings is 1. The summed E-state index contributed by atoms with van der Waals surface area (Å²) >= 11 is 0. The van der Waals surface area contributed by atoms with Crippen molar-refractivity contribution in [2.75, 3.05) is 13.2 Å². The molecule has 0 unspecified atom stereocenters. The molecule has 1 aromatic heterocycles. The van der Waals surface area contributed by atoms with Crippen LogP contribution in [0.5, 0.6) is 5.88 Å². The van der Waals surface area contributed by atoms with Crippen molar-refractivity contribution in [1.82, 2.24) is 5.16 Å². The maximum atomic E-state index is 5.59. The molecule has 0 aliphatic carbocycles. The number of hydrogen-bond acceptors (Lipinski definition) is 4. The third-order valence-electron chi connectivity index (χ3n) is 3.18. The zero-order chi connectivity index (χ0) is 14.2. The van der Waals surface area contributed by atoms with Gasteiger partial charge in [0, 0.05) is 12.1 Å². The molecule has 0 saturated carbocycles. The Bertz CT molecular complexity index is 514. The molecule has 0 aliphatic heterocycles. The van der Waals surface area contributed by atoms with E-state index in [0.29, 0.717) is 19.0 Å². The Labute approximate surface area is 132 Å². The Kier molecular flexibility index (Phi) is 7.87. The second kappa shape index (κ2) is 9.42. The van der Waals surface area contributed by atoms with Crippen molar-refractivity contribution >= 4 is 12.4 Å². The fourth-order valence-corrected chi connectivity index (χ4v) is 2.15. The molecule has 0 radical (unpaired) electrons. The second-order valence-electron chi connectivity index (χ2n) is 4.76. The number of aromatic nitrogens is 1. The van der Waals surface area contributed by atoms with Crippen LogP contribution in [0, 0.1) is 0 Å². The van der Waals surface area contributed by atoms with Crippen LogP contribution in [0.25, 0.3) is 11.3 Å². The van der Waals surface area contributed by atoms with Crippen molar-refractivity contribution in [2.45, 2.75) is 32.6 Å². The SMILES string of the molecule is CCCCCc1c(OCCN)noc1-c1ccccc1.Cl. The molecule has 0 fully saturated rings. The van der Waals surface area contributed by atoms with E-state index in [-0.39, 0.29) is 12.4 Å². The Morgan fingerprint density at radius 2 is 1.95 bits per heavy atom. The van der Waals surface area contributed by atoms with Gasteiger partial charge in [-0.15, -0.1) is 12.4 Å². The van der Waals surface area contributed by atoms with Gasteiger partial charge in [0.1, 0.15) is 6.61 Å². The average molecular weight is 311 g/mol. The smallest absolute Gasteiger partial charge is 0.258 e. The van der Waals surface area contributed by atoms with Crippen LogP contribution in [0.15, 0.2) is 34.9 Å². The molecule has 1 heterocycles. The molecule has 2 rings (SSSR count). The van der Waals surface area contributed by atoms with Gasteiger partial charge < -0.3 is 15.0 Å². The molecule has 116 valence electrons. The van der Waals surface area contributed by atoms with E-state index in [2.05, 4.69) is 12.1 Å². The first-order chi connectivity index (χ1) is 9.86. The fraction of sp³-hybridized carbons (Fsp3) is 0.438. The summed E-state index contributed by atoms with van der Waals surface area (Å²) in [5.41, 5.74) is 7.57. The largest absolute Gasteiger partial charge is 0.474 e. The maximum absolute atomic E-state index is 5.59. The predicted molar refractivity (Wildman–Crippen MR) is 87.0 cm³/mol. The Morgan fingerprint density at radius 1 is 1.19 bits per heavy atom. The monoisotopic (exact) mass is 310 g/mol. The van der Waals surface area contributed by atoms with Gasteiger partial charge in [0.2, 0.25) is 0 Å². The number of ether oxygens (including phenoxy) is 1. The van der Waals surface area contributed by atoms with E-state index in [1.807, 2.05) is 30.3 Å². The number of rotatable bonds is 8. The zero-order valence-electron chi connectivity index (χ0n) is 12.4. The molecule has 0 spiro atoms. The molecule has 4 nitrogen and oxygen atoms in total. The average Bonchev–Trinajstić information content (AvgIpc) is 2.89. The van der Waals surface area contributed by atoms with E-state index >= 15 is 0 Å². The van der Waals surface area contributed by atoms with Gasteiger partial charge in [-0.1, -0.05) is 50.1 Å². The minimum Gasteiger partial charge on any atom is -0.474 e. The molecule has 0 amide bonds. The number of halogens is 1. The van der Waals surface area contributed by atoms with E-state index in [4.69, 9.17) is 15.0 Å². The third-order valence-corrected chi connectivity index (χ3v) is 3.18. The normalized spacial score (nSPS) is 10.2. The summed E-state index contributed by atoms with van der Waals surface area (Å²) < 4.78 is 11.1. The zero-order valence-corrected chi connectivity index (χ0v) is 13.2. The van der Waals surface area contributed by atoms with Gasteiger partial charge in [0.15, 0.2) is 5.76 Å². The number of nitrogens with two attached hydrogens (primary N) is 1. The van der Waals surface area contributed by atoms with Crippen LogP contribution in [0.2, 0.25) is 0 Å². The van der Waals surface area contributed by atoms with Crippen molar-refractivity contribution in [3.8, 4) is 17.2 Å². The molecule has 2 N–H and O–H groups in total. The van der Waals surface area contributed by atoms with Crippen molar-refractivity contribution in [3.63, 3.8) is 0 Å². The molecule has 0 saturated heterocycles. The van der Waals surface area contributed by atoms with Crippen molar-refractivity contribution in [3.05, 3.63) is 35.9 Å². The van der Waals surface area contributed by atoms with Crippen LogP contribution in [-0.2, 0) is 6.42 Å². The van der Waals surface area contributed by atoms with Gasteiger partial charge in [-0.25, -0.2) is 0 Å². The first-order valence-corrected chi connectivity index (χ1v) is 7.23. The van der Waals surface area contributed by atoms with Crippen LogP contribution >= 0.6 is 12.4 Å². The van der Waals surface area contributed by atoms with Crippen LogP contribution in [0.4, 0.5) is 0 Å².